The van der Waals surface area contributed by atoms with Gasteiger partial charge in [0.15, 0.2) is 0 Å². The maximum absolute atomic E-state index is 13.5. The SMILES string of the molecule is NNc1ccccc1OCc1ccc(Cl)cc1F. The van der Waals surface area contributed by atoms with Gasteiger partial charge in [0.25, 0.3) is 0 Å². The van der Waals surface area contributed by atoms with Crippen molar-refractivity contribution in [2.45, 2.75) is 6.61 Å². The van der Waals surface area contributed by atoms with Crippen molar-refractivity contribution >= 4 is 17.3 Å². The minimum atomic E-state index is -0.388. The number of nitrogen functional groups attached to an aromatic ring is 1. The molecule has 94 valence electrons. The molecular weight excluding hydrogens is 255 g/mol. The van der Waals surface area contributed by atoms with Gasteiger partial charge in [0.1, 0.15) is 18.2 Å². The molecule has 0 unspecified atom stereocenters. The van der Waals surface area contributed by atoms with Gasteiger partial charge in [-0.05, 0) is 24.3 Å². The number of para-hydroxylation sites is 2. The van der Waals surface area contributed by atoms with Crippen LogP contribution in [-0.2, 0) is 6.61 Å². The quantitative estimate of drug-likeness (QED) is 0.659. The fourth-order valence-electron chi connectivity index (χ4n) is 1.51. The summed E-state index contributed by atoms with van der Waals surface area (Å²) < 4.78 is 19.0. The van der Waals surface area contributed by atoms with E-state index in [0.29, 0.717) is 22.0 Å². The van der Waals surface area contributed by atoms with Crippen LogP contribution in [0.3, 0.4) is 0 Å². The molecule has 0 radical (unpaired) electrons. The number of halogens is 2. The van der Waals surface area contributed by atoms with Crippen LogP contribution in [0.2, 0.25) is 5.02 Å². The molecule has 0 aliphatic carbocycles. The van der Waals surface area contributed by atoms with Crippen LogP contribution in [0.1, 0.15) is 5.56 Å². The van der Waals surface area contributed by atoms with E-state index >= 15 is 0 Å². The molecule has 2 aromatic rings. The first-order valence-electron chi connectivity index (χ1n) is 5.33. The molecule has 18 heavy (non-hydrogen) atoms. The second kappa shape index (κ2) is 5.71. The van der Waals surface area contributed by atoms with Crippen molar-refractivity contribution in [3.8, 4) is 5.75 Å². The number of benzene rings is 2. The van der Waals surface area contributed by atoms with Crippen LogP contribution in [-0.4, -0.2) is 0 Å². The molecule has 5 heteroatoms. The van der Waals surface area contributed by atoms with Crippen molar-refractivity contribution in [2.24, 2.45) is 5.84 Å². The summed E-state index contributed by atoms with van der Waals surface area (Å²) >= 11 is 5.67. The molecule has 0 fully saturated rings. The smallest absolute Gasteiger partial charge is 0.144 e. The molecule has 2 rings (SSSR count). The summed E-state index contributed by atoms with van der Waals surface area (Å²) in [5.41, 5.74) is 3.60. The molecule has 0 atom stereocenters. The Labute approximate surface area is 109 Å². The topological polar surface area (TPSA) is 47.3 Å². The summed E-state index contributed by atoms with van der Waals surface area (Å²) in [5, 5.41) is 0.361. The van der Waals surface area contributed by atoms with Crippen molar-refractivity contribution in [2.75, 3.05) is 5.43 Å². The van der Waals surface area contributed by atoms with Crippen molar-refractivity contribution in [3.05, 3.63) is 58.9 Å². The first-order valence-corrected chi connectivity index (χ1v) is 5.71. The molecule has 0 heterocycles. The molecule has 0 aliphatic heterocycles. The summed E-state index contributed by atoms with van der Waals surface area (Å²) in [4.78, 5) is 0. The third-order valence-corrected chi connectivity index (χ3v) is 2.68. The first kappa shape index (κ1) is 12.7. The van der Waals surface area contributed by atoms with Crippen LogP contribution >= 0.6 is 11.6 Å². The highest BCUT2D eigenvalue weighted by Crippen LogP contribution is 2.24. The third-order valence-electron chi connectivity index (χ3n) is 2.44. The van der Waals surface area contributed by atoms with Gasteiger partial charge in [-0.25, -0.2) is 4.39 Å². The molecule has 2 aromatic carbocycles. The van der Waals surface area contributed by atoms with Gasteiger partial charge in [-0.2, -0.15) is 0 Å². The lowest BCUT2D eigenvalue weighted by molar-refractivity contribution is 0.301. The van der Waals surface area contributed by atoms with Gasteiger partial charge in [-0.3, -0.25) is 5.84 Å². The van der Waals surface area contributed by atoms with E-state index in [1.54, 1.807) is 24.3 Å². The van der Waals surface area contributed by atoms with Crippen molar-refractivity contribution in [1.29, 1.82) is 0 Å². The van der Waals surface area contributed by atoms with Gasteiger partial charge in [0, 0.05) is 10.6 Å². The summed E-state index contributed by atoms with van der Waals surface area (Å²) in [6.07, 6.45) is 0. The molecule has 0 aromatic heterocycles. The maximum atomic E-state index is 13.5. The Morgan fingerprint density at radius 3 is 2.72 bits per heavy atom. The average molecular weight is 267 g/mol. The normalized spacial score (nSPS) is 10.2. The zero-order valence-corrected chi connectivity index (χ0v) is 10.2. The van der Waals surface area contributed by atoms with Crippen LogP contribution in [0.5, 0.6) is 5.75 Å². The Morgan fingerprint density at radius 2 is 2.00 bits per heavy atom. The van der Waals surface area contributed by atoms with E-state index in [1.165, 1.54) is 6.07 Å². The van der Waals surface area contributed by atoms with Gasteiger partial charge in [-0.15, -0.1) is 0 Å². The number of rotatable bonds is 4. The van der Waals surface area contributed by atoms with Crippen LogP contribution < -0.4 is 16.0 Å². The average Bonchev–Trinajstić information content (AvgIpc) is 2.38. The number of anilines is 1. The van der Waals surface area contributed by atoms with E-state index in [2.05, 4.69) is 5.43 Å². The molecule has 0 saturated carbocycles. The van der Waals surface area contributed by atoms with Crippen LogP contribution in [0.4, 0.5) is 10.1 Å². The van der Waals surface area contributed by atoms with E-state index in [9.17, 15) is 4.39 Å². The van der Waals surface area contributed by atoms with Crippen molar-refractivity contribution in [1.82, 2.24) is 0 Å². The highest BCUT2D eigenvalue weighted by Gasteiger charge is 2.06. The van der Waals surface area contributed by atoms with Crippen LogP contribution in [0.15, 0.2) is 42.5 Å². The fourth-order valence-corrected chi connectivity index (χ4v) is 1.66. The summed E-state index contributed by atoms with van der Waals surface area (Å²) in [6, 6.07) is 11.6. The summed E-state index contributed by atoms with van der Waals surface area (Å²) in [7, 11) is 0. The predicted octanol–water partition coefficient (Wildman–Crippen LogP) is 3.34. The number of hydrazine groups is 1. The Kier molecular flexibility index (Phi) is 4.02. The lowest BCUT2D eigenvalue weighted by atomic mass is 10.2. The van der Waals surface area contributed by atoms with E-state index in [0.717, 1.165) is 0 Å². The van der Waals surface area contributed by atoms with Gasteiger partial charge < -0.3 is 10.2 Å². The zero-order chi connectivity index (χ0) is 13.0. The van der Waals surface area contributed by atoms with Crippen LogP contribution in [0.25, 0.3) is 0 Å². The van der Waals surface area contributed by atoms with E-state index in [-0.39, 0.29) is 12.4 Å². The zero-order valence-electron chi connectivity index (χ0n) is 9.49. The second-order valence-electron chi connectivity index (χ2n) is 3.66. The van der Waals surface area contributed by atoms with Crippen molar-refractivity contribution in [3.63, 3.8) is 0 Å². The minimum Gasteiger partial charge on any atom is -0.487 e. The molecule has 0 spiro atoms. The Hall–Kier alpha value is -1.78. The summed E-state index contributed by atoms with van der Waals surface area (Å²) in [6.45, 7) is 0.113. The van der Waals surface area contributed by atoms with Crippen molar-refractivity contribution < 1.29 is 9.13 Å². The minimum absolute atomic E-state index is 0.113. The Bertz CT molecular complexity index is 548. The van der Waals surface area contributed by atoms with E-state index in [1.807, 2.05) is 12.1 Å². The van der Waals surface area contributed by atoms with Gasteiger partial charge >= 0.3 is 0 Å². The fraction of sp³-hybridized carbons (Fsp3) is 0.0769. The Morgan fingerprint density at radius 1 is 1.22 bits per heavy atom. The lowest BCUT2D eigenvalue weighted by Crippen LogP contribution is -2.09. The number of hydrogen-bond donors (Lipinski definition) is 2. The molecular formula is C13H12ClFN2O. The third kappa shape index (κ3) is 2.91. The van der Waals surface area contributed by atoms with Gasteiger partial charge in [0.05, 0.1) is 5.69 Å². The van der Waals surface area contributed by atoms with Crippen LogP contribution in [0, 0.1) is 5.82 Å². The van der Waals surface area contributed by atoms with Gasteiger partial charge in [0.2, 0.25) is 0 Å². The van der Waals surface area contributed by atoms with E-state index in [4.69, 9.17) is 22.2 Å². The monoisotopic (exact) mass is 266 g/mol. The van der Waals surface area contributed by atoms with Gasteiger partial charge in [-0.1, -0.05) is 29.8 Å². The predicted molar refractivity (Wildman–Crippen MR) is 70.0 cm³/mol. The summed E-state index contributed by atoms with van der Waals surface area (Å²) in [5.74, 6) is 5.52. The second-order valence-corrected chi connectivity index (χ2v) is 4.10. The number of nitrogens with two attached hydrogens (primary N) is 1. The Balaban J connectivity index is 2.11. The molecule has 0 saturated heterocycles. The largest absolute Gasteiger partial charge is 0.487 e. The first-order chi connectivity index (χ1) is 8.70. The van der Waals surface area contributed by atoms with E-state index < -0.39 is 0 Å². The highest BCUT2D eigenvalue weighted by atomic mass is 35.5. The lowest BCUT2D eigenvalue weighted by Gasteiger charge is -2.11. The standard InChI is InChI=1S/C13H12ClFN2O/c14-10-6-5-9(11(15)7-10)8-18-13-4-2-1-3-12(13)17-16/h1-7,17H,8,16H2. The number of hydrogen-bond acceptors (Lipinski definition) is 3. The molecule has 0 amide bonds. The maximum Gasteiger partial charge on any atom is 0.144 e. The molecule has 0 aliphatic rings. The molecule has 0 bridgehead atoms. The number of nitrogens with one attached hydrogen (secondary N) is 1. The molecule has 3 nitrogen and oxygen atoms in total. The number of ether oxygens (including phenoxy) is 1. The molecule has 3 N–H and O–H groups in total. The highest BCUT2D eigenvalue weighted by molar-refractivity contribution is 6.30.